The van der Waals surface area contributed by atoms with Crippen molar-refractivity contribution in [3.63, 3.8) is 0 Å². The van der Waals surface area contributed by atoms with Crippen LogP contribution >= 0.6 is 15.6 Å². The van der Waals surface area contributed by atoms with Crippen molar-refractivity contribution in [1.29, 1.82) is 0 Å². The number of esters is 4. The van der Waals surface area contributed by atoms with Gasteiger partial charge in [-0.15, -0.1) is 0 Å². The number of rotatable bonds is 70. The molecule has 0 bridgehead atoms. The Morgan fingerprint density at radius 1 is 0.322 bits per heavy atom. The molecule has 0 aliphatic carbocycles. The lowest BCUT2D eigenvalue weighted by molar-refractivity contribution is -0.161. The summed E-state index contributed by atoms with van der Waals surface area (Å²) in [6.45, 7) is 9.49. The monoisotopic (exact) mass is 1320 g/mol. The molecule has 0 amide bonds. The van der Waals surface area contributed by atoms with Gasteiger partial charge in [-0.25, -0.2) is 9.13 Å². The average molecular weight is 1330 g/mol. The zero-order valence-electron chi connectivity index (χ0n) is 58.4. The summed E-state index contributed by atoms with van der Waals surface area (Å²) in [6.07, 6.45) is 48.7. The van der Waals surface area contributed by atoms with E-state index in [0.717, 1.165) is 108 Å². The minimum absolute atomic E-state index is 0.104. The summed E-state index contributed by atoms with van der Waals surface area (Å²) >= 11 is 0. The van der Waals surface area contributed by atoms with Gasteiger partial charge in [0.15, 0.2) is 12.2 Å². The molecule has 0 aromatic rings. The minimum atomic E-state index is -4.95. The van der Waals surface area contributed by atoms with Crippen LogP contribution in [0.15, 0.2) is 0 Å². The molecule has 0 aliphatic rings. The summed E-state index contributed by atoms with van der Waals surface area (Å²) in [4.78, 5) is 72.5. The molecule has 3 unspecified atom stereocenters. The Labute approximate surface area is 549 Å². The van der Waals surface area contributed by atoms with E-state index in [-0.39, 0.29) is 25.7 Å². The molecule has 0 aromatic carbocycles. The zero-order valence-corrected chi connectivity index (χ0v) is 60.2. The lowest BCUT2D eigenvalue weighted by Gasteiger charge is -2.21. The quantitative estimate of drug-likeness (QED) is 0.0222. The minimum Gasteiger partial charge on any atom is -0.462 e. The van der Waals surface area contributed by atoms with E-state index >= 15 is 0 Å². The van der Waals surface area contributed by atoms with Crippen molar-refractivity contribution in [2.45, 2.75) is 381 Å². The first-order valence-electron chi connectivity index (χ1n) is 37.0. The number of phosphoric ester groups is 2. The fourth-order valence-corrected chi connectivity index (χ4v) is 12.3. The smallest absolute Gasteiger partial charge is 0.462 e. The van der Waals surface area contributed by atoms with Crippen LogP contribution in [-0.2, 0) is 65.4 Å². The molecular weight excluding hydrogens is 1190 g/mol. The lowest BCUT2D eigenvalue weighted by atomic mass is 9.99. The number of hydrogen-bond donors (Lipinski definition) is 3. The summed E-state index contributed by atoms with van der Waals surface area (Å²) in [5, 5.41) is 10.6. The first-order valence-corrected chi connectivity index (χ1v) is 40.0. The van der Waals surface area contributed by atoms with Crippen LogP contribution in [0.25, 0.3) is 0 Å². The Hall–Kier alpha value is -1.94. The number of aliphatic hydroxyl groups excluding tert-OH is 1. The van der Waals surface area contributed by atoms with Crippen LogP contribution in [0, 0.1) is 11.8 Å². The van der Waals surface area contributed by atoms with E-state index in [1.165, 1.54) is 173 Å². The van der Waals surface area contributed by atoms with Gasteiger partial charge in [0.2, 0.25) is 0 Å². The lowest BCUT2D eigenvalue weighted by Crippen LogP contribution is -2.30. The first-order chi connectivity index (χ1) is 43.4. The van der Waals surface area contributed by atoms with E-state index < -0.39 is 97.5 Å². The van der Waals surface area contributed by atoms with Gasteiger partial charge in [-0.1, -0.05) is 311 Å². The summed E-state index contributed by atoms with van der Waals surface area (Å²) in [5.41, 5.74) is 0. The molecule has 0 fully saturated rings. The zero-order chi connectivity index (χ0) is 66.5. The van der Waals surface area contributed by atoms with Crippen molar-refractivity contribution >= 4 is 39.5 Å². The van der Waals surface area contributed by atoms with Crippen molar-refractivity contribution in [2.24, 2.45) is 11.8 Å². The van der Waals surface area contributed by atoms with E-state index in [9.17, 15) is 43.2 Å². The van der Waals surface area contributed by atoms with Crippen molar-refractivity contribution in [2.75, 3.05) is 39.6 Å². The first kappa shape index (κ1) is 88.1. The third kappa shape index (κ3) is 63.5. The van der Waals surface area contributed by atoms with Gasteiger partial charge >= 0.3 is 39.5 Å². The number of ether oxygens (including phenoxy) is 4. The number of unbranched alkanes of at least 4 members (excludes halogenated alkanes) is 39. The van der Waals surface area contributed by atoms with Crippen LogP contribution in [-0.4, -0.2) is 96.7 Å². The van der Waals surface area contributed by atoms with E-state index in [1.807, 2.05) is 0 Å². The van der Waals surface area contributed by atoms with Gasteiger partial charge < -0.3 is 33.8 Å². The SMILES string of the molecule is CCCCCCCCCCCCCCCCCCCCCC(=O)O[C@H](COC(=O)CCCCCCCCCCC(C)CC)COP(=O)(O)OC[C@@H](O)COP(=O)(O)OC[C@@H](COC(=O)CCCCCCCCCC)OC(=O)CCCCCCCCCCC(C)C. The van der Waals surface area contributed by atoms with Gasteiger partial charge in [0.25, 0.3) is 0 Å². The second-order valence-electron chi connectivity index (χ2n) is 26.3. The fourth-order valence-electron chi connectivity index (χ4n) is 10.7. The predicted octanol–water partition coefficient (Wildman–Crippen LogP) is 20.4. The van der Waals surface area contributed by atoms with Crippen LogP contribution in [0.1, 0.15) is 363 Å². The molecule has 0 radical (unpaired) electrons. The van der Waals surface area contributed by atoms with Crippen LogP contribution in [0.3, 0.4) is 0 Å². The molecule has 0 aromatic heterocycles. The Bertz CT molecular complexity index is 1750. The van der Waals surface area contributed by atoms with Crippen molar-refractivity contribution in [1.82, 2.24) is 0 Å². The molecule has 0 saturated carbocycles. The van der Waals surface area contributed by atoms with Gasteiger partial charge in [-0.3, -0.25) is 37.3 Å². The van der Waals surface area contributed by atoms with Gasteiger partial charge in [0.1, 0.15) is 19.3 Å². The van der Waals surface area contributed by atoms with Crippen LogP contribution in [0.5, 0.6) is 0 Å². The molecule has 17 nitrogen and oxygen atoms in total. The number of hydrogen-bond acceptors (Lipinski definition) is 15. The van der Waals surface area contributed by atoms with Crippen LogP contribution in [0.2, 0.25) is 0 Å². The molecule has 19 heteroatoms. The second kappa shape index (κ2) is 63.1. The maximum Gasteiger partial charge on any atom is 0.472 e. The Balaban J connectivity index is 5.19. The van der Waals surface area contributed by atoms with Crippen molar-refractivity contribution in [3.8, 4) is 0 Å². The molecule has 0 spiro atoms. The van der Waals surface area contributed by atoms with E-state index in [4.69, 9.17) is 37.0 Å². The maximum atomic E-state index is 13.0. The Kier molecular flexibility index (Phi) is 61.8. The molecule has 534 valence electrons. The molecule has 0 rings (SSSR count). The normalized spacial score (nSPS) is 14.4. The van der Waals surface area contributed by atoms with E-state index in [2.05, 4.69) is 41.5 Å². The Morgan fingerprint density at radius 2 is 0.567 bits per heavy atom. The highest BCUT2D eigenvalue weighted by molar-refractivity contribution is 7.47. The average Bonchev–Trinajstić information content (AvgIpc) is 2.95. The summed E-state index contributed by atoms with van der Waals surface area (Å²) < 4.78 is 68.2. The number of phosphoric acid groups is 2. The number of aliphatic hydroxyl groups is 1. The van der Waals surface area contributed by atoms with Crippen LogP contribution < -0.4 is 0 Å². The largest absolute Gasteiger partial charge is 0.472 e. The molecule has 0 saturated heterocycles. The predicted molar refractivity (Wildman–Crippen MR) is 363 cm³/mol. The standard InChI is InChI=1S/C71H138O17P2/c1-7-10-12-14-16-18-19-20-21-22-23-24-25-26-27-28-37-43-49-55-70(75)87-67(60-82-69(74)54-48-42-36-32-30-34-40-46-52-64(6)9-3)62-86-90(79,80)84-58-65(72)57-83-89(77,78)85-61-66(59-81-68(73)53-47-41-35-17-15-13-11-8-2)88-71(76)56-50-44-38-31-29-33-39-45-51-63(4)5/h63-67,72H,7-62H2,1-6H3,(H,77,78)(H,79,80)/t64?,65-,66+,67+/m0/s1. The summed E-state index contributed by atoms with van der Waals surface area (Å²) in [6, 6.07) is 0. The second-order valence-corrected chi connectivity index (χ2v) is 29.3. The van der Waals surface area contributed by atoms with Gasteiger partial charge in [0.05, 0.1) is 26.4 Å². The Morgan fingerprint density at radius 3 is 0.844 bits per heavy atom. The summed E-state index contributed by atoms with van der Waals surface area (Å²) in [5.74, 6) is -0.632. The fraction of sp³-hybridized carbons (Fsp3) is 0.944. The highest BCUT2D eigenvalue weighted by Gasteiger charge is 2.30. The van der Waals surface area contributed by atoms with Gasteiger partial charge in [-0.05, 0) is 37.5 Å². The van der Waals surface area contributed by atoms with E-state index in [1.54, 1.807) is 0 Å². The number of carbonyl (C=O) groups excluding carboxylic acids is 4. The van der Waals surface area contributed by atoms with Gasteiger partial charge in [-0.2, -0.15) is 0 Å². The van der Waals surface area contributed by atoms with Crippen LogP contribution in [0.4, 0.5) is 0 Å². The topological polar surface area (TPSA) is 237 Å². The highest BCUT2D eigenvalue weighted by atomic mass is 31.2. The molecule has 90 heavy (non-hydrogen) atoms. The number of carbonyl (C=O) groups is 4. The van der Waals surface area contributed by atoms with Crippen molar-refractivity contribution in [3.05, 3.63) is 0 Å². The maximum absolute atomic E-state index is 13.0. The molecule has 6 atom stereocenters. The molecular formula is C71H138O17P2. The molecule has 0 aliphatic heterocycles. The van der Waals surface area contributed by atoms with Crippen molar-refractivity contribution < 1.29 is 80.2 Å². The van der Waals surface area contributed by atoms with E-state index in [0.29, 0.717) is 25.7 Å². The third-order valence-corrected chi connectivity index (χ3v) is 18.7. The molecule has 0 heterocycles. The third-order valence-electron chi connectivity index (χ3n) is 16.8. The highest BCUT2D eigenvalue weighted by Crippen LogP contribution is 2.45. The van der Waals surface area contributed by atoms with Gasteiger partial charge in [0, 0.05) is 25.7 Å². The summed E-state index contributed by atoms with van der Waals surface area (Å²) in [7, 11) is -9.90. The molecule has 3 N–H and O–H groups in total.